The maximum Gasteiger partial charge on any atom is -0.0184 e. The van der Waals surface area contributed by atoms with Gasteiger partial charge < -0.3 is 0 Å². The third kappa shape index (κ3) is 12.1. The van der Waals surface area contributed by atoms with Crippen LogP contribution in [0, 0.1) is 12.8 Å². The summed E-state index contributed by atoms with van der Waals surface area (Å²) in [5, 5.41) is 2.62. The molecule has 5 rings (SSSR count). The van der Waals surface area contributed by atoms with Crippen molar-refractivity contribution in [2.45, 2.75) is 60.3 Å². The van der Waals surface area contributed by atoms with Gasteiger partial charge in [0.25, 0.3) is 0 Å². The summed E-state index contributed by atoms with van der Waals surface area (Å²) in [6, 6.07) is 37.4. The summed E-state index contributed by atoms with van der Waals surface area (Å²) >= 11 is 0. The third-order valence-corrected chi connectivity index (χ3v) is 5.24. The van der Waals surface area contributed by atoms with Crippen molar-refractivity contribution in [1.82, 2.24) is 0 Å². The van der Waals surface area contributed by atoms with E-state index in [-0.39, 0.29) is 0 Å². The lowest BCUT2D eigenvalue weighted by Gasteiger charge is -2.18. The van der Waals surface area contributed by atoms with E-state index < -0.39 is 0 Å². The lowest BCUT2D eigenvalue weighted by Crippen LogP contribution is -2.04. The molecular formula is C32H42. The standard InChI is InChI=1S/C10H8.C8H10.C7H8.C5H10.C2H6/c1-2-6-10-8-4-3-7-9(10)5-1;1-2-8-6-4-3-5-7-8;1-7-5-3-2-4-6-7;1-5-3-2-4-5;1-2/h1-8H;3-7H,2H2,1H3;2-6H,1H3;5H,2-4H2,1H3;1-2H3. The Morgan fingerprint density at radius 2 is 0.938 bits per heavy atom. The molecule has 0 amide bonds. The normalized spacial score (nSPS) is 11.5. The first-order valence-electron chi connectivity index (χ1n) is 12.2. The summed E-state index contributed by atoms with van der Waals surface area (Å²) in [6.07, 6.45) is 5.60. The first kappa shape index (κ1) is 27.2. The lowest BCUT2D eigenvalue weighted by molar-refractivity contribution is 0.346. The van der Waals surface area contributed by atoms with E-state index in [1.807, 2.05) is 38.1 Å². The summed E-state index contributed by atoms with van der Waals surface area (Å²) in [6.45, 7) is 10.6. The molecule has 0 bridgehead atoms. The molecule has 0 heteroatoms. The maximum absolute atomic E-state index is 2.31. The second-order valence-electron chi connectivity index (χ2n) is 7.88. The third-order valence-electron chi connectivity index (χ3n) is 5.24. The Morgan fingerprint density at radius 3 is 1.16 bits per heavy atom. The van der Waals surface area contributed by atoms with Crippen LogP contribution in [0.1, 0.15) is 58.1 Å². The molecule has 1 aliphatic rings. The fourth-order valence-electron chi connectivity index (χ4n) is 2.99. The highest BCUT2D eigenvalue weighted by Crippen LogP contribution is 2.24. The fraction of sp³-hybridized carbons (Fsp3) is 0.312. The summed E-state index contributed by atoms with van der Waals surface area (Å²) in [4.78, 5) is 0. The number of benzene rings is 4. The van der Waals surface area contributed by atoms with E-state index in [0.29, 0.717) is 0 Å². The van der Waals surface area contributed by atoms with Gasteiger partial charge in [0.05, 0.1) is 0 Å². The minimum absolute atomic E-state index is 1.06. The average Bonchev–Trinajstić information content (AvgIpc) is 2.86. The average molecular weight is 427 g/mol. The van der Waals surface area contributed by atoms with Gasteiger partial charge in [-0.1, -0.05) is 162 Å². The molecule has 1 aliphatic carbocycles. The van der Waals surface area contributed by atoms with Crippen molar-refractivity contribution < 1.29 is 0 Å². The second kappa shape index (κ2) is 17.8. The van der Waals surface area contributed by atoms with Gasteiger partial charge in [-0.25, -0.2) is 0 Å². The number of hydrogen-bond donors (Lipinski definition) is 0. The Bertz CT molecular complexity index is 856. The van der Waals surface area contributed by atoms with Gasteiger partial charge in [-0.3, -0.25) is 0 Å². The van der Waals surface area contributed by atoms with Crippen LogP contribution in [0.15, 0.2) is 109 Å². The number of aryl methyl sites for hydroxylation is 2. The van der Waals surface area contributed by atoms with Crippen LogP contribution in [-0.2, 0) is 6.42 Å². The molecule has 0 nitrogen and oxygen atoms in total. The lowest BCUT2D eigenvalue weighted by atomic mass is 9.88. The highest BCUT2D eigenvalue weighted by molar-refractivity contribution is 5.82. The smallest absolute Gasteiger partial charge is 0.0184 e. The highest BCUT2D eigenvalue weighted by Gasteiger charge is 2.09. The van der Waals surface area contributed by atoms with E-state index in [2.05, 4.69) is 106 Å². The van der Waals surface area contributed by atoms with Crippen LogP contribution in [0.4, 0.5) is 0 Å². The van der Waals surface area contributed by atoms with E-state index in [0.717, 1.165) is 12.3 Å². The Labute approximate surface area is 197 Å². The zero-order valence-corrected chi connectivity index (χ0v) is 20.8. The van der Waals surface area contributed by atoms with Crippen LogP contribution in [0.5, 0.6) is 0 Å². The van der Waals surface area contributed by atoms with Crippen LogP contribution >= 0.6 is 0 Å². The molecule has 0 atom stereocenters. The van der Waals surface area contributed by atoms with E-state index in [4.69, 9.17) is 0 Å². The number of rotatable bonds is 1. The quantitative estimate of drug-likeness (QED) is 0.284. The van der Waals surface area contributed by atoms with Crippen LogP contribution < -0.4 is 0 Å². The van der Waals surface area contributed by atoms with Crippen molar-refractivity contribution in [2.24, 2.45) is 5.92 Å². The molecule has 4 aromatic carbocycles. The minimum atomic E-state index is 1.06. The van der Waals surface area contributed by atoms with Gasteiger partial charge in [-0.05, 0) is 35.6 Å². The molecule has 1 fully saturated rings. The summed E-state index contributed by atoms with van der Waals surface area (Å²) in [7, 11) is 0. The first-order valence-corrected chi connectivity index (χ1v) is 12.2. The summed E-state index contributed by atoms with van der Waals surface area (Å²) in [5.74, 6) is 1.06. The predicted molar refractivity (Wildman–Crippen MR) is 145 cm³/mol. The van der Waals surface area contributed by atoms with Crippen LogP contribution in [-0.4, -0.2) is 0 Å². The largest absolute Gasteiger partial charge is 0.0683 e. The fourth-order valence-corrected chi connectivity index (χ4v) is 2.99. The SMILES string of the molecule is CC.CC1CCC1.CCc1ccccc1.Cc1ccccc1.c1ccc2ccccc2c1. The van der Waals surface area contributed by atoms with Crippen molar-refractivity contribution in [3.8, 4) is 0 Å². The Balaban J connectivity index is 0.000000213. The monoisotopic (exact) mass is 426 g/mol. The molecule has 4 aromatic rings. The van der Waals surface area contributed by atoms with Crippen molar-refractivity contribution in [2.75, 3.05) is 0 Å². The van der Waals surface area contributed by atoms with Crippen LogP contribution in [0.25, 0.3) is 10.8 Å². The Kier molecular flexibility index (Phi) is 15.1. The van der Waals surface area contributed by atoms with Gasteiger partial charge in [0.2, 0.25) is 0 Å². The van der Waals surface area contributed by atoms with E-state index in [1.165, 1.54) is 41.2 Å². The minimum Gasteiger partial charge on any atom is -0.0683 e. The topological polar surface area (TPSA) is 0 Å². The van der Waals surface area contributed by atoms with Gasteiger partial charge in [-0.15, -0.1) is 0 Å². The molecule has 0 heterocycles. The van der Waals surface area contributed by atoms with E-state index >= 15 is 0 Å². The summed E-state index contributed by atoms with van der Waals surface area (Å²) in [5.41, 5.74) is 2.73. The molecule has 0 saturated heterocycles. The second-order valence-corrected chi connectivity index (χ2v) is 7.88. The molecule has 0 aliphatic heterocycles. The zero-order chi connectivity index (χ0) is 23.4. The van der Waals surface area contributed by atoms with E-state index in [9.17, 15) is 0 Å². The molecule has 1 saturated carbocycles. The molecular weight excluding hydrogens is 384 g/mol. The molecule has 32 heavy (non-hydrogen) atoms. The molecule has 0 N–H and O–H groups in total. The van der Waals surface area contributed by atoms with Gasteiger partial charge in [0, 0.05) is 0 Å². The van der Waals surface area contributed by atoms with Gasteiger partial charge in [0.15, 0.2) is 0 Å². The molecule has 0 aromatic heterocycles. The number of hydrogen-bond acceptors (Lipinski definition) is 0. The van der Waals surface area contributed by atoms with Gasteiger partial charge in [0.1, 0.15) is 0 Å². The molecule has 0 radical (unpaired) electrons. The Morgan fingerprint density at radius 1 is 0.594 bits per heavy atom. The maximum atomic E-state index is 2.31. The molecule has 0 unspecified atom stereocenters. The predicted octanol–water partition coefficient (Wildman–Crippen LogP) is 9.92. The summed E-state index contributed by atoms with van der Waals surface area (Å²) < 4.78 is 0. The van der Waals surface area contributed by atoms with Crippen molar-refractivity contribution in [3.63, 3.8) is 0 Å². The van der Waals surface area contributed by atoms with Gasteiger partial charge >= 0.3 is 0 Å². The van der Waals surface area contributed by atoms with E-state index in [1.54, 1.807) is 0 Å². The van der Waals surface area contributed by atoms with Crippen molar-refractivity contribution in [1.29, 1.82) is 0 Å². The van der Waals surface area contributed by atoms with Crippen molar-refractivity contribution in [3.05, 3.63) is 120 Å². The highest BCUT2D eigenvalue weighted by atomic mass is 14.1. The first-order chi connectivity index (χ1) is 15.7. The van der Waals surface area contributed by atoms with Crippen LogP contribution in [0.2, 0.25) is 0 Å². The number of fused-ring (bicyclic) bond motifs is 1. The zero-order valence-electron chi connectivity index (χ0n) is 20.8. The van der Waals surface area contributed by atoms with Crippen molar-refractivity contribution >= 4 is 10.8 Å². The van der Waals surface area contributed by atoms with Crippen LogP contribution in [0.3, 0.4) is 0 Å². The molecule has 0 spiro atoms. The molecule has 170 valence electrons. The Hall–Kier alpha value is -2.86. The van der Waals surface area contributed by atoms with Gasteiger partial charge in [-0.2, -0.15) is 0 Å².